The molecule has 0 unspecified atom stereocenters. The van der Waals surface area contributed by atoms with E-state index in [9.17, 15) is 9.59 Å². The summed E-state index contributed by atoms with van der Waals surface area (Å²) in [5.74, 6) is -0.790. The summed E-state index contributed by atoms with van der Waals surface area (Å²) in [6, 6.07) is 0. The minimum absolute atomic E-state index is 0.0278. The van der Waals surface area contributed by atoms with Gasteiger partial charge in [-0.1, -0.05) is 72.1 Å². The minimum Gasteiger partial charge on any atom is -0.481 e. The number of aliphatic hydroxyl groups excluding tert-OH is 2. The Morgan fingerprint density at radius 1 is 0.815 bits per heavy atom. The molecule has 0 aliphatic rings. The van der Waals surface area contributed by atoms with Crippen molar-refractivity contribution in [3.05, 3.63) is 0 Å². The highest BCUT2D eigenvalue weighted by Crippen LogP contribution is 2.11. The van der Waals surface area contributed by atoms with Crippen LogP contribution < -0.4 is 0 Å². The molecule has 6 heteroatoms. The maximum Gasteiger partial charge on any atom is 0.305 e. The van der Waals surface area contributed by atoms with Gasteiger partial charge >= 0.3 is 5.97 Å². The quantitative estimate of drug-likeness (QED) is 0.370. The number of carboxylic acids is 1. The fourth-order valence-corrected chi connectivity index (χ4v) is 2.22. The molecule has 0 aliphatic heterocycles. The van der Waals surface area contributed by atoms with Crippen LogP contribution in [0.2, 0.25) is 0 Å². The third-order valence-corrected chi connectivity index (χ3v) is 4.44. The van der Waals surface area contributed by atoms with Gasteiger partial charge in [0.2, 0.25) is 5.91 Å². The first kappa shape index (κ1) is 28.1. The summed E-state index contributed by atoms with van der Waals surface area (Å²) < 4.78 is 0. The number of hydrogen-bond acceptors (Lipinski definition) is 4. The van der Waals surface area contributed by atoms with Gasteiger partial charge in [0.25, 0.3) is 0 Å². The summed E-state index contributed by atoms with van der Waals surface area (Å²) in [5, 5.41) is 25.4. The first-order valence-corrected chi connectivity index (χ1v) is 10.4. The Bertz CT molecular complexity index is 366. The van der Waals surface area contributed by atoms with Crippen LogP contribution in [0.15, 0.2) is 0 Å². The summed E-state index contributed by atoms with van der Waals surface area (Å²) in [6.45, 7) is 6.23. The number of rotatable bonds is 15. The van der Waals surface area contributed by atoms with E-state index in [-0.39, 0.29) is 31.0 Å². The zero-order chi connectivity index (χ0) is 21.1. The van der Waals surface area contributed by atoms with E-state index in [1.807, 2.05) is 0 Å². The maximum atomic E-state index is 11.7. The van der Waals surface area contributed by atoms with E-state index in [4.69, 9.17) is 15.3 Å². The molecular weight excluding hydrogens is 346 g/mol. The lowest BCUT2D eigenvalue weighted by atomic mass is 9.97. The van der Waals surface area contributed by atoms with Crippen LogP contribution in [-0.2, 0) is 9.59 Å². The van der Waals surface area contributed by atoms with Crippen LogP contribution in [0, 0.1) is 5.41 Å². The lowest BCUT2D eigenvalue weighted by molar-refractivity contribution is -0.138. The van der Waals surface area contributed by atoms with Gasteiger partial charge in [-0.3, -0.25) is 9.59 Å². The first-order valence-electron chi connectivity index (χ1n) is 10.4. The molecule has 0 aliphatic carbocycles. The molecule has 0 saturated carbocycles. The predicted octanol–water partition coefficient (Wildman–Crippen LogP) is 3.84. The second-order valence-corrected chi connectivity index (χ2v) is 8.02. The predicted molar refractivity (Wildman–Crippen MR) is 110 cm³/mol. The highest BCUT2D eigenvalue weighted by atomic mass is 16.4. The topological polar surface area (TPSA) is 98.1 Å². The number of aliphatic hydroxyl groups is 2. The molecule has 0 saturated heterocycles. The van der Waals surface area contributed by atoms with Gasteiger partial charge in [-0.05, 0) is 6.42 Å². The lowest BCUT2D eigenvalue weighted by Gasteiger charge is -2.16. The molecule has 1 amide bonds. The van der Waals surface area contributed by atoms with Crippen molar-refractivity contribution in [2.75, 3.05) is 26.8 Å². The van der Waals surface area contributed by atoms with Crippen LogP contribution >= 0.6 is 0 Å². The van der Waals surface area contributed by atoms with E-state index < -0.39 is 5.97 Å². The van der Waals surface area contributed by atoms with Gasteiger partial charge < -0.3 is 20.2 Å². The Labute approximate surface area is 166 Å². The third-order valence-electron chi connectivity index (χ3n) is 4.44. The van der Waals surface area contributed by atoms with Crippen LogP contribution in [0.5, 0.6) is 0 Å². The fourth-order valence-electron chi connectivity index (χ4n) is 2.22. The summed E-state index contributed by atoms with van der Waals surface area (Å²) in [5.41, 5.74) is -0.306. The average Bonchev–Trinajstić information content (AvgIpc) is 2.65. The second-order valence-electron chi connectivity index (χ2n) is 8.02. The standard InChI is InChI=1S/C16H31NO3.C5H12O2/c1-3-4-5-6-7-8-9-10-11-12-15(18)17(2)14-13-16(19)20;1-5(2,3-6)4-7/h3-14H2,1-2H3,(H,19,20);6-7H,3-4H2,1-2H3. The third kappa shape index (κ3) is 21.0. The van der Waals surface area contributed by atoms with Crippen molar-refractivity contribution in [2.24, 2.45) is 5.41 Å². The minimum atomic E-state index is -0.854. The zero-order valence-corrected chi connectivity index (χ0v) is 18.0. The largest absolute Gasteiger partial charge is 0.481 e. The number of carbonyl (C=O) groups is 2. The van der Waals surface area contributed by atoms with Crippen LogP contribution in [0.1, 0.15) is 91.4 Å². The van der Waals surface area contributed by atoms with Crippen molar-refractivity contribution in [1.29, 1.82) is 0 Å². The van der Waals surface area contributed by atoms with Crippen LogP contribution in [0.3, 0.4) is 0 Å². The lowest BCUT2D eigenvalue weighted by Crippen LogP contribution is -2.28. The molecule has 0 aromatic rings. The molecule has 0 bridgehead atoms. The Kier molecular flexibility index (Phi) is 19.0. The van der Waals surface area contributed by atoms with Crippen molar-refractivity contribution in [3.63, 3.8) is 0 Å². The van der Waals surface area contributed by atoms with Crippen molar-refractivity contribution in [2.45, 2.75) is 91.4 Å². The molecule has 0 fully saturated rings. The Hall–Kier alpha value is -1.14. The number of carbonyl (C=O) groups excluding carboxylic acids is 1. The average molecular weight is 390 g/mol. The van der Waals surface area contributed by atoms with Gasteiger partial charge in [0.15, 0.2) is 0 Å². The number of aliphatic carboxylic acids is 1. The first-order chi connectivity index (χ1) is 12.7. The van der Waals surface area contributed by atoms with Gasteiger partial charge in [-0.15, -0.1) is 0 Å². The van der Waals surface area contributed by atoms with Crippen molar-refractivity contribution >= 4 is 11.9 Å². The molecule has 6 nitrogen and oxygen atoms in total. The molecule has 0 aromatic heterocycles. The molecule has 162 valence electrons. The van der Waals surface area contributed by atoms with E-state index in [1.54, 1.807) is 20.9 Å². The van der Waals surface area contributed by atoms with Crippen molar-refractivity contribution in [3.8, 4) is 0 Å². The van der Waals surface area contributed by atoms with Gasteiger partial charge in [0.05, 0.1) is 19.6 Å². The van der Waals surface area contributed by atoms with Crippen LogP contribution in [0.25, 0.3) is 0 Å². The highest BCUT2D eigenvalue weighted by molar-refractivity contribution is 5.76. The van der Waals surface area contributed by atoms with E-state index in [1.165, 1.54) is 49.8 Å². The second kappa shape index (κ2) is 18.2. The van der Waals surface area contributed by atoms with E-state index in [0.29, 0.717) is 13.0 Å². The fraction of sp³-hybridized carbons (Fsp3) is 0.905. The molecule has 0 heterocycles. The smallest absolute Gasteiger partial charge is 0.305 e. The van der Waals surface area contributed by atoms with Gasteiger partial charge in [0.1, 0.15) is 0 Å². The van der Waals surface area contributed by atoms with E-state index in [2.05, 4.69) is 6.92 Å². The summed E-state index contributed by atoms with van der Waals surface area (Å²) in [7, 11) is 1.68. The molecule has 0 radical (unpaired) electrons. The number of nitrogens with zero attached hydrogens (tertiary/aromatic N) is 1. The van der Waals surface area contributed by atoms with Crippen LogP contribution in [0.4, 0.5) is 0 Å². The maximum absolute atomic E-state index is 11.7. The molecule has 0 rings (SSSR count). The number of hydrogen-bond donors (Lipinski definition) is 3. The Morgan fingerprint density at radius 2 is 1.26 bits per heavy atom. The Morgan fingerprint density at radius 3 is 1.63 bits per heavy atom. The SMILES string of the molecule is CC(C)(CO)CO.CCCCCCCCCCCC(=O)N(C)CCC(=O)O. The molecule has 0 atom stereocenters. The monoisotopic (exact) mass is 389 g/mol. The summed E-state index contributed by atoms with van der Waals surface area (Å²) in [4.78, 5) is 23.6. The number of carboxylic acid groups (broad SMARTS) is 1. The van der Waals surface area contributed by atoms with E-state index in [0.717, 1.165) is 12.8 Å². The molecule has 27 heavy (non-hydrogen) atoms. The zero-order valence-electron chi connectivity index (χ0n) is 18.0. The van der Waals surface area contributed by atoms with Gasteiger partial charge in [-0.2, -0.15) is 0 Å². The molecule has 3 N–H and O–H groups in total. The normalized spacial score (nSPS) is 10.9. The van der Waals surface area contributed by atoms with Gasteiger partial charge in [-0.25, -0.2) is 0 Å². The molecule has 0 spiro atoms. The van der Waals surface area contributed by atoms with Crippen LogP contribution in [-0.4, -0.2) is 58.9 Å². The Balaban J connectivity index is 0. The van der Waals surface area contributed by atoms with E-state index >= 15 is 0 Å². The van der Waals surface area contributed by atoms with Gasteiger partial charge in [0, 0.05) is 25.4 Å². The summed E-state index contributed by atoms with van der Waals surface area (Å²) >= 11 is 0. The highest BCUT2D eigenvalue weighted by Gasteiger charge is 2.13. The number of amides is 1. The van der Waals surface area contributed by atoms with Crippen molar-refractivity contribution < 1.29 is 24.9 Å². The number of unbranched alkanes of at least 4 members (excludes halogenated alkanes) is 8. The molecular formula is C21H43NO5. The summed E-state index contributed by atoms with van der Waals surface area (Å²) in [6.07, 6.45) is 11.7. The molecule has 0 aromatic carbocycles. The van der Waals surface area contributed by atoms with Crippen molar-refractivity contribution in [1.82, 2.24) is 4.90 Å².